The smallest absolute Gasteiger partial charge is 0.291 e. The first-order valence-corrected chi connectivity index (χ1v) is 16.1. The van der Waals surface area contributed by atoms with Crippen molar-refractivity contribution >= 4 is 33.3 Å². The van der Waals surface area contributed by atoms with E-state index in [9.17, 15) is 27.7 Å². The number of hydrogen-bond donors (Lipinski definition) is 3. The minimum atomic E-state index is -3.14. The van der Waals surface area contributed by atoms with Gasteiger partial charge in [-0.15, -0.1) is 0 Å². The van der Waals surface area contributed by atoms with Crippen LogP contribution in [0.5, 0.6) is 0 Å². The van der Waals surface area contributed by atoms with Crippen LogP contribution in [0.2, 0.25) is 0 Å². The lowest BCUT2D eigenvalue weighted by Gasteiger charge is -2.47. The quantitative estimate of drug-likeness (QED) is 0.256. The third-order valence-corrected chi connectivity index (χ3v) is 8.65. The van der Waals surface area contributed by atoms with Crippen LogP contribution in [0.15, 0.2) is 34.2 Å². The molecule has 228 valence electrons. The average Bonchev–Trinajstić information content (AvgIpc) is 2.97. The fourth-order valence-electron chi connectivity index (χ4n) is 5.68. The average molecular weight is 603 g/mol. The molecule has 0 spiro atoms. The van der Waals surface area contributed by atoms with Gasteiger partial charge in [0.05, 0.1) is 12.3 Å². The van der Waals surface area contributed by atoms with Gasteiger partial charge in [-0.25, -0.2) is 13.4 Å². The SMILES string of the molecule is CCC1CN(c2nc(N)c(C(=O)NCCN=O)[nH]c2=O)CCN1C1CCN(C(=O)c2ccc(CS(C)(=O)=O)cc2)CC1. The number of piperidine rings is 1. The molecule has 2 aromatic rings. The Bertz CT molecular complexity index is 1450. The van der Waals surface area contributed by atoms with Gasteiger partial charge in [0.2, 0.25) is 0 Å². The number of nitrogen functional groups attached to an aromatic ring is 1. The van der Waals surface area contributed by atoms with Gasteiger partial charge < -0.3 is 25.8 Å². The molecule has 1 unspecified atom stereocenters. The molecule has 4 N–H and O–H groups in total. The van der Waals surface area contributed by atoms with E-state index in [-0.39, 0.29) is 48.1 Å². The number of hydrogen-bond acceptors (Lipinski definition) is 11. The molecule has 0 aliphatic carbocycles. The van der Waals surface area contributed by atoms with Crippen molar-refractivity contribution in [1.29, 1.82) is 0 Å². The molecule has 15 heteroatoms. The van der Waals surface area contributed by atoms with E-state index in [0.29, 0.717) is 49.9 Å². The Morgan fingerprint density at radius 1 is 1.14 bits per heavy atom. The Morgan fingerprint density at radius 2 is 1.83 bits per heavy atom. The summed E-state index contributed by atoms with van der Waals surface area (Å²) in [5.74, 6) is -0.673. The largest absolute Gasteiger partial charge is 0.382 e. The Balaban J connectivity index is 1.35. The normalized spacial score (nSPS) is 18.6. The lowest BCUT2D eigenvalue weighted by atomic mass is 9.97. The molecule has 0 bridgehead atoms. The van der Waals surface area contributed by atoms with Crippen LogP contribution in [0, 0.1) is 4.91 Å². The number of nitrogens with two attached hydrogens (primary N) is 1. The number of piperazine rings is 1. The third kappa shape index (κ3) is 7.50. The zero-order chi connectivity index (χ0) is 30.4. The zero-order valence-corrected chi connectivity index (χ0v) is 24.7. The number of sulfone groups is 1. The summed E-state index contributed by atoms with van der Waals surface area (Å²) in [5.41, 5.74) is 6.55. The van der Waals surface area contributed by atoms with E-state index in [0.717, 1.165) is 19.3 Å². The van der Waals surface area contributed by atoms with Gasteiger partial charge in [0.1, 0.15) is 5.69 Å². The maximum atomic E-state index is 13.1. The van der Waals surface area contributed by atoms with E-state index >= 15 is 0 Å². The number of carbonyl (C=O) groups is 2. The predicted octanol–water partition coefficient (Wildman–Crippen LogP) is 0.598. The van der Waals surface area contributed by atoms with Crippen LogP contribution >= 0.6 is 0 Å². The molecular weight excluding hydrogens is 564 g/mol. The van der Waals surface area contributed by atoms with E-state index in [1.807, 2.05) is 9.80 Å². The van der Waals surface area contributed by atoms with Crippen molar-refractivity contribution < 1.29 is 18.0 Å². The number of benzene rings is 1. The maximum absolute atomic E-state index is 13.1. The summed E-state index contributed by atoms with van der Waals surface area (Å²) in [6.07, 6.45) is 3.69. The lowest BCUT2D eigenvalue weighted by molar-refractivity contribution is 0.0490. The Labute approximate surface area is 244 Å². The highest BCUT2D eigenvalue weighted by Crippen LogP contribution is 2.26. The molecule has 2 amide bonds. The molecule has 2 aliphatic rings. The Morgan fingerprint density at radius 3 is 2.45 bits per heavy atom. The van der Waals surface area contributed by atoms with Crippen LogP contribution in [-0.2, 0) is 15.6 Å². The summed E-state index contributed by atoms with van der Waals surface area (Å²) in [4.78, 5) is 61.5. The van der Waals surface area contributed by atoms with Crippen LogP contribution in [0.1, 0.15) is 52.6 Å². The van der Waals surface area contributed by atoms with Gasteiger partial charge in [-0.3, -0.25) is 19.3 Å². The number of carbonyl (C=O) groups excluding carboxylic acids is 2. The predicted molar refractivity (Wildman–Crippen MR) is 159 cm³/mol. The zero-order valence-electron chi connectivity index (χ0n) is 23.9. The maximum Gasteiger partial charge on any atom is 0.291 e. The van der Waals surface area contributed by atoms with Crippen LogP contribution in [0.25, 0.3) is 0 Å². The summed E-state index contributed by atoms with van der Waals surface area (Å²) in [5, 5.41) is 5.15. The number of aromatic amines is 1. The van der Waals surface area contributed by atoms with Gasteiger partial charge >= 0.3 is 0 Å². The number of rotatable bonds is 10. The molecule has 42 heavy (non-hydrogen) atoms. The first-order valence-electron chi connectivity index (χ1n) is 14.0. The Kier molecular flexibility index (Phi) is 9.93. The third-order valence-electron chi connectivity index (χ3n) is 7.79. The van der Waals surface area contributed by atoms with Crippen molar-refractivity contribution in [1.82, 2.24) is 25.1 Å². The molecule has 2 fully saturated rings. The standard InChI is InChI=1S/C27H38N8O6S/c1-3-20-16-34(24-26(37)31-22(23(28)32-24)25(36)29-10-11-30-39)14-15-35(20)21-8-12-33(13-9-21)27(38)19-6-4-18(5-7-19)17-42(2,40)41/h4-7,20-21H,3,8-17H2,1-2H3,(H2,28,32)(H,29,36)(H,31,37). The lowest BCUT2D eigenvalue weighted by Crippen LogP contribution is -2.59. The highest BCUT2D eigenvalue weighted by atomic mass is 32.2. The molecular formula is C27H38N8O6S. The minimum absolute atomic E-state index is 0.0270. The van der Waals surface area contributed by atoms with E-state index in [1.165, 1.54) is 6.26 Å². The van der Waals surface area contributed by atoms with Gasteiger partial charge in [0.25, 0.3) is 17.4 Å². The second kappa shape index (κ2) is 13.4. The van der Waals surface area contributed by atoms with Gasteiger partial charge in [0, 0.05) is 63.2 Å². The van der Waals surface area contributed by atoms with Gasteiger partial charge in [-0.05, 0) is 37.0 Å². The fourth-order valence-corrected chi connectivity index (χ4v) is 6.48. The van der Waals surface area contributed by atoms with Crippen LogP contribution in [0.3, 0.4) is 0 Å². The molecule has 2 aliphatic heterocycles. The molecule has 1 aromatic carbocycles. The van der Waals surface area contributed by atoms with Crippen molar-refractivity contribution in [3.8, 4) is 0 Å². The monoisotopic (exact) mass is 602 g/mol. The van der Waals surface area contributed by atoms with Crippen LogP contribution in [0.4, 0.5) is 11.6 Å². The Hall–Kier alpha value is -3.85. The van der Waals surface area contributed by atoms with Crippen molar-refractivity contribution in [3.05, 3.63) is 56.3 Å². The van der Waals surface area contributed by atoms with Crippen LogP contribution < -0.4 is 21.5 Å². The summed E-state index contributed by atoms with van der Waals surface area (Å²) in [6, 6.07) is 7.21. The highest BCUT2D eigenvalue weighted by molar-refractivity contribution is 7.89. The van der Waals surface area contributed by atoms with E-state index in [1.54, 1.807) is 24.3 Å². The van der Waals surface area contributed by atoms with Gasteiger partial charge in [0.15, 0.2) is 21.5 Å². The van der Waals surface area contributed by atoms with E-state index in [2.05, 4.69) is 32.3 Å². The molecule has 0 radical (unpaired) electrons. The van der Waals surface area contributed by atoms with Gasteiger partial charge in [-0.1, -0.05) is 24.2 Å². The molecule has 0 saturated carbocycles. The number of nitrogens with zero attached hydrogens (tertiary/aromatic N) is 5. The topological polar surface area (TPSA) is 191 Å². The molecule has 3 heterocycles. The summed E-state index contributed by atoms with van der Waals surface area (Å²) in [6.45, 7) is 5.11. The number of anilines is 2. The highest BCUT2D eigenvalue weighted by Gasteiger charge is 2.35. The van der Waals surface area contributed by atoms with E-state index in [4.69, 9.17) is 5.73 Å². The van der Waals surface area contributed by atoms with Crippen molar-refractivity contribution in [2.24, 2.45) is 5.18 Å². The number of H-pyrrole nitrogens is 1. The number of likely N-dealkylation sites (tertiary alicyclic amines) is 1. The molecule has 2 saturated heterocycles. The van der Waals surface area contributed by atoms with Gasteiger partial charge in [-0.2, -0.15) is 4.91 Å². The minimum Gasteiger partial charge on any atom is -0.382 e. The second-order valence-corrected chi connectivity index (χ2v) is 12.9. The molecule has 14 nitrogen and oxygen atoms in total. The second-order valence-electron chi connectivity index (χ2n) is 10.8. The summed E-state index contributed by atoms with van der Waals surface area (Å²) >= 11 is 0. The van der Waals surface area contributed by atoms with Crippen LogP contribution in [-0.4, -0.2) is 104 Å². The van der Waals surface area contributed by atoms with Crippen molar-refractivity contribution in [3.63, 3.8) is 0 Å². The first kappa shape index (κ1) is 31.1. The van der Waals surface area contributed by atoms with Crippen molar-refractivity contribution in [2.45, 2.75) is 44.0 Å². The number of aromatic nitrogens is 2. The number of amides is 2. The van der Waals surface area contributed by atoms with Crippen molar-refractivity contribution in [2.75, 3.05) is 62.7 Å². The molecule has 1 atom stereocenters. The summed E-state index contributed by atoms with van der Waals surface area (Å²) < 4.78 is 23.1. The molecule has 1 aromatic heterocycles. The number of nitroso groups, excluding NO2 is 1. The first-order chi connectivity index (χ1) is 20.0. The summed E-state index contributed by atoms with van der Waals surface area (Å²) in [7, 11) is -3.14. The fraction of sp³-hybridized carbons (Fsp3) is 0.556. The molecule has 4 rings (SSSR count). The number of nitrogens with one attached hydrogen (secondary N) is 2. The van der Waals surface area contributed by atoms with E-state index < -0.39 is 21.3 Å².